The zero-order valence-corrected chi connectivity index (χ0v) is 19.9. The highest BCUT2D eigenvalue weighted by molar-refractivity contribution is 6.02. The van der Waals surface area contributed by atoms with Crippen LogP contribution in [0.4, 0.5) is 0 Å². The van der Waals surface area contributed by atoms with Crippen molar-refractivity contribution in [3.8, 4) is 17.6 Å². The molecule has 3 rings (SSSR count). The van der Waals surface area contributed by atoms with Crippen LogP contribution in [0.3, 0.4) is 0 Å². The Hall–Kier alpha value is -3.61. The smallest absolute Gasteiger partial charge is 0.338 e. The van der Waals surface area contributed by atoms with E-state index in [0.29, 0.717) is 29.1 Å². The Labute approximate surface area is 198 Å². The maximum Gasteiger partial charge on any atom is 0.338 e. The van der Waals surface area contributed by atoms with Crippen LogP contribution in [-0.4, -0.2) is 52.9 Å². The van der Waals surface area contributed by atoms with Crippen LogP contribution in [0.15, 0.2) is 30.5 Å². The predicted octanol–water partition coefficient (Wildman–Crippen LogP) is 3.71. The van der Waals surface area contributed by atoms with E-state index in [1.165, 1.54) is 10.7 Å². The van der Waals surface area contributed by atoms with Gasteiger partial charge in [-0.15, -0.1) is 0 Å². The van der Waals surface area contributed by atoms with Gasteiger partial charge in [0.25, 0.3) is 0 Å². The van der Waals surface area contributed by atoms with Gasteiger partial charge in [0, 0.05) is 23.8 Å². The number of benzene rings is 2. The minimum Gasteiger partial charge on any atom is -0.496 e. The summed E-state index contributed by atoms with van der Waals surface area (Å²) in [6, 6.07) is 8.35. The number of rotatable bonds is 10. The molecule has 0 aliphatic rings. The molecular weight excluding hydrogens is 438 g/mol. The number of methoxy groups -OCH3 is 2. The Morgan fingerprint density at radius 2 is 1.82 bits per heavy atom. The molecule has 1 aromatic heterocycles. The molecule has 2 N–H and O–H groups in total. The minimum absolute atomic E-state index is 0.0546. The summed E-state index contributed by atoms with van der Waals surface area (Å²) >= 11 is 0. The number of ether oxygens (including phenoxy) is 3. The number of aromatic nitrogens is 2. The third kappa shape index (κ3) is 5.30. The maximum atomic E-state index is 11.7. The number of hydrogen-bond acceptors (Lipinski definition) is 7. The second kappa shape index (κ2) is 10.5. The van der Waals surface area contributed by atoms with Gasteiger partial charge in [-0.05, 0) is 42.7 Å². The Morgan fingerprint density at radius 3 is 2.35 bits per heavy atom. The quantitative estimate of drug-likeness (QED) is 0.462. The number of carboxylic acids is 1. The average molecular weight is 468 g/mol. The van der Waals surface area contributed by atoms with Gasteiger partial charge < -0.3 is 24.4 Å². The molecule has 0 unspecified atom stereocenters. The first-order valence-electron chi connectivity index (χ1n) is 10.8. The Morgan fingerprint density at radius 1 is 1.18 bits per heavy atom. The molecule has 2 aromatic carbocycles. The molecular formula is C25H29N3O6. The van der Waals surface area contributed by atoms with Gasteiger partial charge in [-0.1, -0.05) is 13.8 Å². The summed E-state index contributed by atoms with van der Waals surface area (Å²) in [5.74, 6) is 0.219. The zero-order chi connectivity index (χ0) is 25.0. The monoisotopic (exact) mass is 467 g/mol. The van der Waals surface area contributed by atoms with Crippen molar-refractivity contribution in [2.75, 3.05) is 20.8 Å². The van der Waals surface area contributed by atoms with Crippen LogP contribution in [0.2, 0.25) is 0 Å². The van der Waals surface area contributed by atoms with E-state index in [9.17, 15) is 20.3 Å². The lowest BCUT2D eigenvalue weighted by Gasteiger charge is -2.26. The summed E-state index contributed by atoms with van der Waals surface area (Å²) in [5.41, 5.74) is 1.82. The maximum absolute atomic E-state index is 11.7. The number of carboxylic acid groups (broad SMARTS) is 1. The topological polar surface area (TPSA) is 127 Å². The number of aliphatic hydroxyl groups is 1. The largest absolute Gasteiger partial charge is 0.496 e. The molecule has 1 heterocycles. The number of aliphatic hydroxyl groups excluding tert-OH is 1. The van der Waals surface area contributed by atoms with E-state index in [4.69, 9.17) is 14.2 Å². The number of aromatic carboxylic acids is 1. The fourth-order valence-corrected chi connectivity index (χ4v) is 3.74. The van der Waals surface area contributed by atoms with E-state index >= 15 is 0 Å². The first-order valence-corrected chi connectivity index (χ1v) is 10.8. The highest BCUT2D eigenvalue weighted by Gasteiger charge is 2.26. The van der Waals surface area contributed by atoms with Gasteiger partial charge in [0.1, 0.15) is 29.2 Å². The lowest BCUT2D eigenvalue weighted by molar-refractivity contribution is -0.0574. The van der Waals surface area contributed by atoms with E-state index in [2.05, 4.69) is 5.10 Å². The number of nitriles is 1. The summed E-state index contributed by atoms with van der Waals surface area (Å²) in [7, 11) is 3.10. The standard InChI is InChI=1S/C25H29N3O6/c1-14(2)13-34-22(24(29)17-8-20(32-4)15(3)21(9-17)33-5)12-28-11-18-6-16(10-26)7-19(25(30)31)23(18)27-28/h6-9,11,14,22,24,29H,12-13H2,1-5H3,(H,30,31)/t22-,24+/m0/s1. The molecule has 3 aromatic rings. The first-order chi connectivity index (χ1) is 16.2. The molecule has 9 nitrogen and oxygen atoms in total. The molecule has 34 heavy (non-hydrogen) atoms. The fourth-order valence-electron chi connectivity index (χ4n) is 3.74. The second-order valence-electron chi connectivity index (χ2n) is 8.49. The normalized spacial score (nSPS) is 13.0. The van der Waals surface area contributed by atoms with Crippen molar-refractivity contribution in [3.05, 3.63) is 52.7 Å². The molecule has 0 radical (unpaired) electrons. The Kier molecular flexibility index (Phi) is 7.76. The summed E-state index contributed by atoms with van der Waals surface area (Å²) in [6.45, 7) is 6.44. The average Bonchev–Trinajstić information content (AvgIpc) is 3.22. The Bertz CT molecular complexity index is 1200. The van der Waals surface area contributed by atoms with Gasteiger partial charge in [-0.3, -0.25) is 4.68 Å². The van der Waals surface area contributed by atoms with Crippen molar-refractivity contribution in [1.29, 1.82) is 5.26 Å². The van der Waals surface area contributed by atoms with E-state index in [1.807, 2.05) is 26.8 Å². The van der Waals surface area contributed by atoms with Crippen LogP contribution >= 0.6 is 0 Å². The first kappa shape index (κ1) is 25.0. The van der Waals surface area contributed by atoms with Crippen LogP contribution in [0.25, 0.3) is 10.9 Å². The lowest BCUT2D eigenvalue weighted by Crippen LogP contribution is -2.29. The van der Waals surface area contributed by atoms with E-state index in [1.54, 1.807) is 38.6 Å². The number of hydrogen-bond donors (Lipinski definition) is 2. The van der Waals surface area contributed by atoms with Gasteiger partial charge in [-0.25, -0.2) is 4.79 Å². The van der Waals surface area contributed by atoms with Gasteiger partial charge in [0.15, 0.2) is 0 Å². The van der Waals surface area contributed by atoms with E-state index < -0.39 is 18.2 Å². The molecule has 0 bridgehead atoms. The van der Waals surface area contributed by atoms with Crippen LogP contribution < -0.4 is 9.47 Å². The van der Waals surface area contributed by atoms with Gasteiger partial charge in [0.2, 0.25) is 0 Å². The molecule has 9 heteroatoms. The van der Waals surface area contributed by atoms with Crippen LogP contribution in [0.1, 0.15) is 47.0 Å². The molecule has 0 fully saturated rings. The van der Waals surface area contributed by atoms with Crippen molar-refractivity contribution >= 4 is 16.9 Å². The van der Waals surface area contributed by atoms with Crippen LogP contribution in [0.5, 0.6) is 11.5 Å². The molecule has 0 aliphatic heterocycles. The highest BCUT2D eigenvalue weighted by atomic mass is 16.5. The van der Waals surface area contributed by atoms with Crippen molar-refractivity contribution < 1.29 is 29.2 Å². The fraction of sp³-hybridized carbons (Fsp3) is 0.400. The zero-order valence-electron chi connectivity index (χ0n) is 19.9. The Balaban J connectivity index is 2.00. The van der Waals surface area contributed by atoms with Crippen LogP contribution in [-0.2, 0) is 11.3 Å². The molecule has 180 valence electrons. The van der Waals surface area contributed by atoms with Gasteiger partial charge >= 0.3 is 5.97 Å². The van der Waals surface area contributed by atoms with Crippen molar-refractivity contribution in [3.63, 3.8) is 0 Å². The molecule has 0 saturated carbocycles. The second-order valence-corrected chi connectivity index (χ2v) is 8.49. The minimum atomic E-state index is -1.17. The van der Waals surface area contributed by atoms with Crippen molar-refractivity contribution in [1.82, 2.24) is 9.78 Å². The predicted molar refractivity (Wildman–Crippen MR) is 125 cm³/mol. The SMILES string of the molecule is COc1cc([C@@H](O)[C@H](Cn2cc3cc(C#N)cc(C(=O)O)c3n2)OCC(C)C)cc(OC)c1C. The molecule has 2 atom stereocenters. The summed E-state index contributed by atoms with van der Waals surface area (Å²) in [5, 5.41) is 35.0. The number of nitrogens with zero attached hydrogens (tertiary/aromatic N) is 3. The van der Waals surface area contributed by atoms with Crippen molar-refractivity contribution in [2.24, 2.45) is 5.92 Å². The molecule has 0 aliphatic carbocycles. The van der Waals surface area contributed by atoms with E-state index in [0.717, 1.165) is 5.56 Å². The van der Waals surface area contributed by atoms with E-state index in [-0.39, 0.29) is 29.1 Å². The molecule has 0 saturated heterocycles. The highest BCUT2D eigenvalue weighted by Crippen LogP contribution is 2.34. The third-order valence-electron chi connectivity index (χ3n) is 5.49. The lowest BCUT2D eigenvalue weighted by atomic mass is 10.0. The van der Waals surface area contributed by atoms with Crippen LogP contribution in [0, 0.1) is 24.2 Å². The molecule has 0 spiro atoms. The summed E-state index contributed by atoms with van der Waals surface area (Å²) in [4.78, 5) is 11.7. The number of fused-ring (bicyclic) bond motifs is 1. The summed E-state index contributed by atoms with van der Waals surface area (Å²) < 4.78 is 18.5. The molecule has 0 amide bonds. The van der Waals surface area contributed by atoms with Crippen molar-refractivity contribution in [2.45, 2.75) is 39.5 Å². The number of carbonyl (C=O) groups is 1. The summed E-state index contributed by atoms with van der Waals surface area (Å²) in [6.07, 6.45) is -0.0854. The third-order valence-corrected chi connectivity index (χ3v) is 5.49. The van der Waals surface area contributed by atoms with Gasteiger partial charge in [-0.2, -0.15) is 10.4 Å². The van der Waals surface area contributed by atoms with Gasteiger partial charge in [0.05, 0.1) is 38.0 Å².